The van der Waals surface area contributed by atoms with E-state index in [0.29, 0.717) is 12.6 Å². The first-order valence-corrected chi connectivity index (χ1v) is 11.2. The van der Waals surface area contributed by atoms with Crippen molar-refractivity contribution in [3.05, 3.63) is 23.8 Å². The van der Waals surface area contributed by atoms with Crippen LogP contribution in [0.5, 0.6) is 11.5 Å². The summed E-state index contributed by atoms with van der Waals surface area (Å²) in [6.07, 6.45) is 3.36. The number of benzene rings is 1. The molecule has 7 nitrogen and oxygen atoms in total. The van der Waals surface area contributed by atoms with Crippen LogP contribution in [0, 0.1) is 0 Å². The second-order valence-corrected chi connectivity index (χ2v) is 8.54. The molecule has 1 amide bonds. The fourth-order valence-corrected chi connectivity index (χ4v) is 4.61. The normalized spacial score (nSPS) is 22.5. The van der Waals surface area contributed by atoms with Crippen LogP contribution in [-0.2, 0) is 11.2 Å². The van der Waals surface area contributed by atoms with E-state index in [9.17, 15) is 4.79 Å². The van der Waals surface area contributed by atoms with Gasteiger partial charge in [0.25, 0.3) is 0 Å². The van der Waals surface area contributed by atoms with E-state index >= 15 is 0 Å². The zero-order chi connectivity index (χ0) is 21.5. The molecule has 168 valence electrons. The Kier molecular flexibility index (Phi) is 8.36. The van der Waals surface area contributed by atoms with Crippen LogP contribution in [0.25, 0.3) is 0 Å². The Labute approximate surface area is 181 Å². The third kappa shape index (κ3) is 5.86. The fraction of sp³-hybridized carbons (Fsp3) is 0.696. The summed E-state index contributed by atoms with van der Waals surface area (Å²) in [4.78, 5) is 20.0. The second kappa shape index (κ2) is 11.0. The molecule has 2 unspecified atom stereocenters. The Morgan fingerprint density at radius 2 is 1.87 bits per heavy atom. The monoisotopic (exact) mass is 418 g/mol. The second-order valence-electron chi connectivity index (χ2n) is 8.54. The predicted molar refractivity (Wildman–Crippen MR) is 119 cm³/mol. The maximum absolute atomic E-state index is 12.7. The van der Waals surface area contributed by atoms with Gasteiger partial charge in [0.05, 0.1) is 20.3 Å². The van der Waals surface area contributed by atoms with Gasteiger partial charge in [0.15, 0.2) is 11.5 Å². The number of rotatable bonds is 8. The van der Waals surface area contributed by atoms with Gasteiger partial charge in [0, 0.05) is 45.3 Å². The van der Waals surface area contributed by atoms with E-state index in [1.54, 1.807) is 14.2 Å². The molecule has 0 spiro atoms. The lowest BCUT2D eigenvalue weighted by molar-refractivity contribution is -0.126. The number of carbonyl (C=O) groups is 1. The Bertz CT molecular complexity index is 691. The molecule has 2 atom stereocenters. The minimum absolute atomic E-state index is 0.0911. The van der Waals surface area contributed by atoms with Crippen LogP contribution >= 0.6 is 0 Å². The quantitative estimate of drug-likeness (QED) is 0.690. The smallest absolute Gasteiger partial charge is 0.237 e. The van der Waals surface area contributed by atoms with E-state index in [2.05, 4.69) is 27.1 Å². The van der Waals surface area contributed by atoms with E-state index in [1.165, 1.54) is 25.9 Å². The molecule has 2 aliphatic rings. The molecule has 0 radical (unpaired) electrons. The molecule has 2 aliphatic heterocycles. The highest BCUT2D eigenvalue weighted by molar-refractivity contribution is 5.81. The van der Waals surface area contributed by atoms with Gasteiger partial charge in [-0.05, 0) is 57.5 Å². The third-order valence-corrected chi connectivity index (χ3v) is 6.55. The molecule has 1 aromatic rings. The Morgan fingerprint density at radius 1 is 1.13 bits per heavy atom. The van der Waals surface area contributed by atoms with Crippen molar-refractivity contribution in [2.75, 3.05) is 67.1 Å². The standard InChI is InChI=1S/C23H38N4O3/c1-18(26-12-14-27(15-13-26)20-6-5-11-25(2)17-20)23(28)24-10-9-19-7-8-21(29-3)22(16-19)30-4/h7-8,16,18,20H,5-6,9-15,17H2,1-4H3,(H,24,28). The summed E-state index contributed by atoms with van der Waals surface area (Å²) in [7, 11) is 5.49. The van der Waals surface area contributed by atoms with Crippen LogP contribution in [0.15, 0.2) is 18.2 Å². The van der Waals surface area contributed by atoms with E-state index in [1.807, 2.05) is 25.1 Å². The number of likely N-dealkylation sites (tertiary alicyclic amines) is 1. The van der Waals surface area contributed by atoms with Crippen molar-refractivity contribution in [1.29, 1.82) is 0 Å². The average Bonchev–Trinajstić information content (AvgIpc) is 2.78. The Morgan fingerprint density at radius 3 is 2.53 bits per heavy atom. The number of hydrogen-bond acceptors (Lipinski definition) is 6. The van der Waals surface area contributed by atoms with Gasteiger partial charge in [-0.1, -0.05) is 6.07 Å². The molecule has 1 N–H and O–H groups in total. The van der Waals surface area contributed by atoms with Crippen LogP contribution in [0.1, 0.15) is 25.3 Å². The summed E-state index contributed by atoms with van der Waals surface area (Å²) in [5.74, 6) is 1.55. The van der Waals surface area contributed by atoms with Gasteiger partial charge in [-0.15, -0.1) is 0 Å². The summed E-state index contributed by atoms with van der Waals surface area (Å²) < 4.78 is 10.6. The van der Waals surface area contributed by atoms with Crippen molar-refractivity contribution < 1.29 is 14.3 Å². The molecule has 1 aromatic carbocycles. The number of amides is 1. The molecule has 0 saturated carbocycles. The maximum atomic E-state index is 12.7. The molecule has 3 rings (SSSR count). The van der Waals surface area contributed by atoms with E-state index in [0.717, 1.165) is 49.7 Å². The van der Waals surface area contributed by atoms with Crippen LogP contribution in [-0.4, -0.2) is 99.8 Å². The highest BCUT2D eigenvalue weighted by atomic mass is 16.5. The van der Waals surface area contributed by atoms with Gasteiger partial charge < -0.3 is 19.7 Å². The topological polar surface area (TPSA) is 57.3 Å². The summed E-state index contributed by atoms with van der Waals surface area (Å²) in [5, 5.41) is 3.10. The highest BCUT2D eigenvalue weighted by Gasteiger charge is 2.30. The number of piperidine rings is 1. The summed E-state index contributed by atoms with van der Waals surface area (Å²) in [6, 6.07) is 6.47. The highest BCUT2D eigenvalue weighted by Crippen LogP contribution is 2.27. The van der Waals surface area contributed by atoms with Crippen LogP contribution in [0.4, 0.5) is 0 Å². The largest absolute Gasteiger partial charge is 0.493 e. The third-order valence-electron chi connectivity index (χ3n) is 6.55. The van der Waals surface area contributed by atoms with Crippen molar-refractivity contribution in [3.8, 4) is 11.5 Å². The summed E-state index contributed by atoms with van der Waals surface area (Å²) in [5.41, 5.74) is 1.12. The van der Waals surface area contributed by atoms with Gasteiger partial charge in [-0.2, -0.15) is 0 Å². The number of methoxy groups -OCH3 is 2. The van der Waals surface area contributed by atoms with Gasteiger partial charge in [0.2, 0.25) is 5.91 Å². The zero-order valence-corrected chi connectivity index (χ0v) is 19.0. The first kappa shape index (κ1) is 22.8. The molecular formula is C23H38N4O3. The number of ether oxygens (including phenoxy) is 2. The zero-order valence-electron chi connectivity index (χ0n) is 19.0. The summed E-state index contributed by atoms with van der Waals surface area (Å²) >= 11 is 0. The maximum Gasteiger partial charge on any atom is 0.237 e. The molecule has 7 heteroatoms. The predicted octanol–water partition coefficient (Wildman–Crippen LogP) is 1.46. The molecule has 0 aliphatic carbocycles. The Balaban J connectivity index is 1.41. The number of carbonyl (C=O) groups excluding carboxylic acids is 1. The van der Waals surface area contributed by atoms with Crippen LogP contribution in [0.3, 0.4) is 0 Å². The van der Waals surface area contributed by atoms with Crippen LogP contribution in [0.2, 0.25) is 0 Å². The van der Waals surface area contributed by atoms with Gasteiger partial charge in [-0.25, -0.2) is 0 Å². The molecule has 2 fully saturated rings. The lowest BCUT2D eigenvalue weighted by Crippen LogP contribution is -2.58. The van der Waals surface area contributed by atoms with E-state index in [4.69, 9.17) is 9.47 Å². The molecule has 2 heterocycles. The van der Waals surface area contributed by atoms with Crippen molar-refractivity contribution in [3.63, 3.8) is 0 Å². The minimum atomic E-state index is -0.0911. The van der Waals surface area contributed by atoms with Gasteiger partial charge in [-0.3, -0.25) is 14.6 Å². The minimum Gasteiger partial charge on any atom is -0.493 e. The van der Waals surface area contributed by atoms with Crippen molar-refractivity contribution in [1.82, 2.24) is 20.0 Å². The molecule has 0 aromatic heterocycles. The van der Waals surface area contributed by atoms with Gasteiger partial charge >= 0.3 is 0 Å². The molecule has 30 heavy (non-hydrogen) atoms. The number of likely N-dealkylation sites (N-methyl/N-ethyl adjacent to an activating group) is 1. The number of hydrogen-bond donors (Lipinski definition) is 1. The van der Waals surface area contributed by atoms with E-state index < -0.39 is 0 Å². The molecular weight excluding hydrogens is 380 g/mol. The fourth-order valence-electron chi connectivity index (χ4n) is 4.61. The molecule has 2 saturated heterocycles. The molecule has 0 bridgehead atoms. The average molecular weight is 419 g/mol. The van der Waals surface area contributed by atoms with E-state index in [-0.39, 0.29) is 11.9 Å². The first-order chi connectivity index (χ1) is 14.5. The lowest BCUT2D eigenvalue weighted by Gasteiger charge is -2.43. The van der Waals surface area contributed by atoms with Gasteiger partial charge in [0.1, 0.15) is 0 Å². The lowest BCUT2D eigenvalue weighted by atomic mass is 10.0. The Hall–Kier alpha value is -1.83. The first-order valence-electron chi connectivity index (χ1n) is 11.2. The summed E-state index contributed by atoms with van der Waals surface area (Å²) in [6.45, 7) is 9.07. The number of piperazine rings is 1. The number of nitrogens with zero attached hydrogens (tertiary/aromatic N) is 3. The van der Waals surface area contributed by atoms with Crippen molar-refractivity contribution >= 4 is 5.91 Å². The van der Waals surface area contributed by atoms with Crippen molar-refractivity contribution in [2.45, 2.75) is 38.3 Å². The van der Waals surface area contributed by atoms with Crippen LogP contribution < -0.4 is 14.8 Å². The SMILES string of the molecule is COc1ccc(CCNC(=O)C(C)N2CCN(C3CCCN(C)C3)CC2)cc1OC. The van der Waals surface area contributed by atoms with Crippen molar-refractivity contribution in [2.24, 2.45) is 0 Å². The number of nitrogens with one attached hydrogen (secondary N) is 1.